The molecule has 1 N–H and O–H groups in total. The molecule has 0 aliphatic rings. The fourth-order valence-corrected chi connectivity index (χ4v) is 2.47. The molecule has 0 bridgehead atoms. The molecule has 0 fully saturated rings. The zero-order chi connectivity index (χ0) is 13.0. The Labute approximate surface area is 106 Å². The lowest BCUT2D eigenvalue weighted by molar-refractivity contribution is 0.266. The molecule has 1 unspecified atom stereocenters. The minimum Gasteiger partial charge on any atom is -0.309 e. The van der Waals surface area contributed by atoms with Crippen molar-refractivity contribution < 1.29 is 0 Å². The molecule has 1 heterocycles. The van der Waals surface area contributed by atoms with E-state index in [1.165, 1.54) is 5.69 Å². The van der Waals surface area contributed by atoms with Crippen molar-refractivity contribution in [3.63, 3.8) is 0 Å². The van der Waals surface area contributed by atoms with Gasteiger partial charge in [-0.05, 0) is 37.3 Å². The molecule has 0 aliphatic heterocycles. The third-order valence-electron chi connectivity index (χ3n) is 3.67. The molecule has 1 atom stereocenters. The van der Waals surface area contributed by atoms with Crippen LogP contribution in [0.15, 0.2) is 12.3 Å². The average molecular weight is 237 g/mol. The van der Waals surface area contributed by atoms with Crippen molar-refractivity contribution in [1.82, 2.24) is 15.1 Å². The largest absolute Gasteiger partial charge is 0.309 e. The van der Waals surface area contributed by atoms with Crippen LogP contribution in [0.5, 0.6) is 0 Å². The molecule has 0 spiro atoms. The molecule has 0 radical (unpaired) electrons. The van der Waals surface area contributed by atoms with Crippen LogP contribution in [0.4, 0.5) is 0 Å². The fraction of sp³-hybridized carbons (Fsp3) is 0.786. The van der Waals surface area contributed by atoms with Crippen LogP contribution in [0, 0.1) is 17.8 Å². The van der Waals surface area contributed by atoms with Gasteiger partial charge in [-0.2, -0.15) is 5.10 Å². The van der Waals surface area contributed by atoms with Crippen molar-refractivity contribution in [3.8, 4) is 0 Å². The van der Waals surface area contributed by atoms with E-state index in [1.54, 1.807) is 0 Å². The van der Waals surface area contributed by atoms with Gasteiger partial charge in [-0.1, -0.05) is 27.7 Å². The first kappa shape index (κ1) is 14.2. The molecule has 0 aromatic carbocycles. The molecule has 3 nitrogen and oxygen atoms in total. The Morgan fingerprint density at radius 3 is 2.18 bits per heavy atom. The summed E-state index contributed by atoms with van der Waals surface area (Å²) in [7, 11) is 2.00. The first-order valence-electron chi connectivity index (χ1n) is 6.64. The fourth-order valence-electron chi connectivity index (χ4n) is 2.47. The van der Waals surface area contributed by atoms with E-state index < -0.39 is 0 Å². The lowest BCUT2D eigenvalue weighted by atomic mass is 9.85. The third-order valence-corrected chi connectivity index (χ3v) is 3.67. The van der Waals surface area contributed by atoms with Crippen molar-refractivity contribution >= 4 is 0 Å². The highest BCUT2D eigenvalue weighted by atomic mass is 15.3. The summed E-state index contributed by atoms with van der Waals surface area (Å²) < 4.78 is 1.94. The highest BCUT2D eigenvalue weighted by molar-refractivity contribution is 5.05. The molecule has 1 aromatic rings. The smallest absolute Gasteiger partial charge is 0.0547 e. The monoisotopic (exact) mass is 237 g/mol. The van der Waals surface area contributed by atoms with E-state index in [1.807, 2.05) is 17.9 Å². The van der Waals surface area contributed by atoms with Gasteiger partial charge in [0.25, 0.3) is 0 Å². The van der Waals surface area contributed by atoms with Crippen LogP contribution >= 0.6 is 0 Å². The van der Waals surface area contributed by atoms with Gasteiger partial charge in [-0.15, -0.1) is 0 Å². The summed E-state index contributed by atoms with van der Waals surface area (Å²) in [6, 6.07) is 2.44. The van der Waals surface area contributed by atoms with Gasteiger partial charge in [-0.3, -0.25) is 4.68 Å². The Morgan fingerprint density at radius 1 is 1.18 bits per heavy atom. The second kappa shape index (κ2) is 6.20. The molecule has 3 heteroatoms. The number of hydrogen-bond acceptors (Lipinski definition) is 2. The summed E-state index contributed by atoms with van der Waals surface area (Å²) >= 11 is 0. The van der Waals surface area contributed by atoms with E-state index in [9.17, 15) is 0 Å². The van der Waals surface area contributed by atoms with E-state index in [2.05, 4.69) is 51.1 Å². The maximum Gasteiger partial charge on any atom is 0.0547 e. The van der Waals surface area contributed by atoms with E-state index in [-0.39, 0.29) is 0 Å². The molecular formula is C14H27N3. The minimum atomic E-state index is 0.363. The van der Waals surface area contributed by atoms with Crippen LogP contribution in [0.25, 0.3) is 0 Å². The summed E-state index contributed by atoms with van der Waals surface area (Å²) in [6.45, 7) is 12.5. The molecule has 0 saturated carbocycles. The second-order valence-corrected chi connectivity index (χ2v) is 5.66. The van der Waals surface area contributed by atoms with E-state index in [4.69, 9.17) is 0 Å². The summed E-state index contributed by atoms with van der Waals surface area (Å²) in [5, 5.41) is 7.84. The van der Waals surface area contributed by atoms with Gasteiger partial charge in [-0.25, -0.2) is 0 Å². The van der Waals surface area contributed by atoms with Gasteiger partial charge < -0.3 is 5.32 Å². The molecule has 98 valence electrons. The van der Waals surface area contributed by atoms with Gasteiger partial charge in [0.1, 0.15) is 0 Å². The highest BCUT2D eigenvalue weighted by Gasteiger charge is 2.18. The Balaban J connectivity index is 2.52. The zero-order valence-corrected chi connectivity index (χ0v) is 12.1. The average Bonchev–Trinajstić information content (AvgIpc) is 2.63. The van der Waals surface area contributed by atoms with Crippen LogP contribution in [0.3, 0.4) is 0 Å². The number of rotatable bonds is 6. The number of nitrogens with one attached hydrogen (secondary N) is 1. The first-order valence-corrected chi connectivity index (χ1v) is 6.64. The molecular weight excluding hydrogens is 210 g/mol. The lowest BCUT2D eigenvalue weighted by Crippen LogP contribution is -2.32. The number of nitrogens with zero attached hydrogens (tertiary/aromatic N) is 2. The van der Waals surface area contributed by atoms with Crippen LogP contribution in [-0.2, 0) is 7.05 Å². The van der Waals surface area contributed by atoms with Gasteiger partial charge in [0, 0.05) is 19.3 Å². The maximum atomic E-state index is 4.21. The minimum absolute atomic E-state index is 0.363. The Kier molecular flexibility index (Phi) is 5.19. The topological polar surface area (TPSA) is 29.9 Å². The standard InChI is InChI=1S/C14H27N3/c1-10(2)13(11(3)4)9-15-12(5)14-7-8-16-17(14)6/h7-8,10-13,15H,9H2,1-6H3. The first-order chi connectivity index (χ1) is 7.93. The molecule has 0 saturated heterocycles. The normalized spacial score (nSPS) is 13.9. The summed E-state index contributed by atoms with van der Waals surface area (Å²) in [5.74, 6) is 2.17. The van der Waals surface area contributed by atoms with Crippen LogP contribution < -0.4 is 5.32 Å². The Morgan fingerprint density at radius 2 is 1.76 bits per heavy atom. The van der Waals surface area contributed by atoms with Gasteiger partial charge in [0.2, 0.25) is 0 Å². The van der Waals surface area contributed by atoms with Crippen molar-refractivity contribution in [2.45, 2.75) is 40.7 Å². The van der Waals surface area contributed by atoms with Crippen molar-refractivity contribution in [2.75, 3.05) is 6.54 Å². The molecule has 17 heavy (non-hydrogen) atoms. The van der Waals surface area contributed by atoms with Crippen molar-refractivity contribution in [1.29, 1.82) is 0 Å². The maximum absolute atomic E-state index is 4.21. The summed E-state index contributed by atoms with van der Waals surface area (Å²) in [5.41, 5.74) is 1.25. The van der Waals surface area contributed by atoms with E-state index >= 15 is 0 Å². The van der Waals surface area contributed by atoms with Crippen molar-refractivity contribution in [3.05, 3.63) is 18.0 Å². The summed E-state index contributed by atoms with van der Waals surface area (Å²) in [4.78, 5) is 0. The number of hydrogen-bond donors (Lipinski definition) is 1. The molecule has 1 aromatic heterocycles. The Bertz CT molecular complexity index is 320. The van der Waals surface area contributed by atoms with Crippen LogP contribution in [0.2, 0.25) is 0 Å². The summed E-state index contributed by atoms with van der Waals surface area (Å²) in [6.07, 6.45) is 1.86. The van der Waals surface area contributed by atoms with Gasteiger partial charge in [0.15, 0.2) is 0 Å². The quantitative estimate of drug-likeness (QED) is 0.824. The lowest BCUT2D eigenvalue weighted by Gasteiger charge is -2.27. The molecule has 1 rings (SSSR count). The number of aryl methyl sites for hydroxylation is 1. The predicted molar refractivity (Wildman–Crippen MR) is 72.8 cm³/mol. The van der Waals surface area contributed by atoms with Crippen LogP contribution in [-0.4, -0.2) is 16.3 Å². The third kappa shape index (κ3) is 3.84. The van der Waals surface area contributed by atoms with Crippen molar-refractivity contribution in [2.24, 2.45) is 24.8 Å². The van der Waals surface area contributed by atoms with Crippen LogP contribution in [0.1, 0.15) is 46.4 Å². The van der Waals surface area contributed by atoms with E-state index in [0.717, 1.165) is 24.3 Å². The highest BCUT2D eigenvalue weighted by Crippen LogP contribution is 2.21. The zero-order valence-electron chi connectivity index (χ0n) is 12.1. The second-order valence-electron chi connectivity index (χ2n) is 5.66. The number of aromatic nitrogens is 2. The Hall–Kier alpha value is -0.830. The molecule has 0 aliphatic carbocycles. The van der Waals surface area contributed by atoms with Gasteiger partial charge >= 0.3 is 0 Å². The van der Waals surface area contributed by atoms with E-state index in [0.29, 0.717) is 6.04 Å². The SMILES string of the molecule is CC(NCC(C(C)C)C(C)C)c1ccnn1C. The predicted octanol–water partition coefficient (Wildman–Crippen LogP) is 3.00. The van der Waals surface area contributed by atoms with Gasteiger partial charge in [0.05, 0.1) is 5.69 Å². The molecule has 0 amide bonds.